The van der Waals surface area contributed by atoms with Crippen molar-refractivity contribution >= 4 is 27.9 Å². The lowest BCUT2D eigenvalue weighted by molar-refractivity contribution is -0.133. The first-order chi connectivity index (χ1) is 9.52. The first-order valence-corrected chi connectivity index (χ1v) is 8.85. The number of carbonyl (C=O) groups is 2. The Balaban J connectivity index is 2.16. The van der Waals surface area contributed by atoms with Gasteiger partial charge in [0.25, 0.3) is 5.91 Å². The van der Waals surface area contributed by atoms with E-state index >= 15 is 0 Å². The van der Waals surface area contributed by atoms with Crippen molar-refractivity contribution in [2.24, 2.45) is 5.41 Å². The number of hydrogen-bond donors (Lipinski definition) is 1. The Morgan fingerprint density at radius 1 is 1.20 bits per heavy atom. The van der Waals surface area contributed by atoms with Crippen molar-refractivity contribution in [2.75, 3.05) is 11.9 Å². The average molecular weight is 345 g/mol. The molecule has 2 aliphatic rings. The van der Waals surface area contributed by atoms with E-state index in [9.17, 15) is 9.59 Å². The van der Waals surface area contributed by atoms with Crippen LogP contribution in [-0.2, 0) is 4.79 Å². The van der Waals surface area contributed by atoms with E-state index in [1.165, 1.54) is 11.3 Å². The van der Waals surface area contributed by atoms with Crippen molar-refractivity contribution in [1.29, 1.82) is 0 Å². The Morgan fingerprint density at radius 2 is 1.80 bits per heavy atom. The molecule has 5 heteroatoms. The first kappa shape index (κ1) is 15.8. The maximum atomic E-state index is 12.7. The molecule has 1 aliphatic heterocycles. The SMILES string of the molecule is CCC(CC)(CBr)CN1C(=O)NC2(CCCCC2)C1=O. The van der Waals surface area contributed by atoms with Crippen LogP contribution in [0.5, 0.6) is 0 Å². The van der Waals surface area contributed by atoms with Crippen LogP contribution in [0, 0.1) is 5.41 Å². The molecule has 0 unspecified atom stereocenters. The highest BCUT2D eigenvalue weighted by Gasteiger charge is 2.52. The minimum atomic E-state index is -0.588. The van der Waals surface area contributed by atoms with Gasteiger partial charge in [0.15, 0.2) is 0 Å². The van der Waals surface area contributed by atoms with Crippen LogP contribution in [0.25, 0.3) is 0 Å². The number of imide groups is 1. The van der Waals surface area contributed by atoms with Crippen LogP contribution >= 0.6 is 15.9 Å². The molecule has 1 aliphatic carbocycles. The molecule has 0 aromatic heterocycles. The zero-order valence-electron chi connectivity index (χ0n) is 12.5. The first-order valence-electron chi connectivity index (χ1n) is 7.72. The predicted molar refractivity (Wildman–Crippen MR) is 82.9 cm³/mol. The molecular formula is C15H25BrN2O2. The summed E-state index contributed by atoms with van der Waals surface area (Å²) in [5.74, 6) is 0.00873. The minimum Gasteiger partial charge on any atom is -0.323 e. The number of amides is 3. The lowest BCUT2D eigenvalue weighted by Gasteiger charge is -2.34. The maximum absolute atomic E-state index is 12.7. The van der Waals surface area contributed by atoms with Crippen LogP contribution in [0.1, 0.15) is 58.8 Å². The molecule has 0 aromatic rings. The maximum Gasteiger partial charge on any atom is 0.325 e. The number of halogens is 1. The van der Waals surface area contributed by atoms with E-state index in [2.05, 4.69) is 35.1 Å². The summed E-state index contributed by atoms with van der Waals surface area (Å²) in [7, 11) is 0. The summed E-state index contributed by atoms with van der Waals surface area (Å²) in [5.41, 5.74) is -0.595. The van der Waals surface area contributed by atoms with Gasteiger partial charge < -0.3 is 5.32 Å². The number of hydrogen-bond acceptors (Lipinski definition) is 2. The normalized spacial score (nSPS) is 22.4. The van der Waals surface area contributed by atoms with E-state index in [0.717, 1.165) is 43.9 Å². The van der Waals surface area contributed by atoms with Gasteiger partial charge in [0, 0.05) is 11.9 Å². The molecule has 1 spiro atoms. The largest absolute Gasteiger partial charge is 0.325 e. The monoisotopic (exact) mass is 344 g/mol. The topological polar surface area (TPSA) is 49.4 Å². The number of alkyl halides is 1. The summed E-state index contributed by atoms with van der Waals surface area (Å²) >= 11 is 3.56. The summed E-state index contributed by atoms with van der Waals surface area (Å²) in [6.07, 6.45) is 6.75. The Bertz CT molecular complexity index is 379. The van der Waals surface area contributed by atoms with E-state index in [1.807, 2.05) is 0 Å². The van der Waals surface area contributed by atoms with Gasteiger partial charge in [-0.05, 0) is 31.1 Å². The van der Waals surface area contributed by atoms with Crippen molar-refractivity contribution in [3.63, 3.8) is 0 Å². The van der Waals surface area contributed by atoms with Gasteiger partial charge in [0.05, 0.1) is 0 Å². The molecule has 114 valence electrons. The zero-order valence-corrected chi connectivity index (χ0v) is 14.1. The van der Waals surface area contributed by atoms with Gasteiger partial charge in [-0.25, -0.2) is 4.79 Å². The van der Waals surface area contributed by atoms with Gasteiger partial charge in [-0.2, -0.15) is 0 Å². The van der Waals surface area contributed by atoms with E-state index in [-0.39, 0.29) is 17.4 Å². The molecule has 3 amide bonds. The molecule has 1 N–H and O–H groups in total. The van der Waals surface area contributed by atoms with Gasteiger partial charge in [-0.15, -0.1) is 0 Å². The van der Waals surface area contributed by atoms with Crippen LogP contribution in [-0.4, -0.2) is 34.3 Å². The lowest BCUT2D eigenvalue weighted by Crippen LogP contribution is -2.49. The summed E-state index contributed by atoms with van der Waals surface area (Å²) < 4.78 is 0. The summed E-state index contributed by atoms with van der Waals surface area (Å²) in [6.45, 7) is 4.77. The number of carbonyl (C=O) groups excluding carboxylic acids is 2. The molecule has 0 atom stereocenters. The molecule has 1 heterocycles. The standard InChI is InChI=1S/C15H25BrN2O2/c1-3-14(4-2,10-16)11-18-12(19)15(17-13(18)20)8-6-5-7-9-15/h3-11H2,1-2H3,(H,17,20). The Morgan fingerprint density at radius 3 is 2.30 bits per heavy atom. The molecule has 1 saturated heterocycles. The van der Waals surface area contributed by atoms with E-state index in [1.54, 1.807) is 0 Å². The van der Waals surface area contributed by atoms with Crippen LogP contribution in [0.2, 0.25) is 0 Å². The van der Waals surface area contributed by atoms with Crippen LogP contribution in [0.15, 0.2) is 0 Å². The lowest BCUT2D eigenvalue weighted by atomic mass is 9.80. The highest BCUT2D eigenvalue weighted by molar-refractivity contribution is 9.09. The fourth-order valence-corrected chi connectivity index (χ4v) is 4.32. The van der Waals surface area contributed by atoms with Crippen molar-refractivity contribution in [3.05, 3.63) is 0 Å². The van der Waals surface area contributed by atoms with Gasteiger partial charge in [-0.1, -0.05) is 49.0 Å². The van der Waals surface area contributed by atoms with Crippen LogP contribution in [0.4, 0.5) is 4.79 Å². The second-order valence-electron chi connectivity index (χ2n) is 6.30. The summed E-state index contributed by atoms with van der Waals surface area (Å²) in [6, 6.07) is -0.191. The second kappa shape index (κ2) is 6.04. The van der Waals surface area contributed by atoms with Crippen molar-refractivity contribution in [1.82, 2.24) is 10.2 Å². The molecule has 2 fully saturated rings. The third kappa shape index (κ3) is 2.61. The Labute approximate surface area is 129 Å². The number of nitrogens with one attached hydrogen (secondary N) is 1. The average Bonchev–Trinajstić information content (AvgIpc) is 2.69. The van der Waals surface area contributed by atoms with Crippen molar-refractivity contribution in [3.8, 4) is 0 Å². The summed E-state index contributed by atoms with van der Waals surface area (Å²) in [5, 5.41) is 3.80. The van der Waals surface area contributed by atoms with E-state index in [4.69, 9.17) is 0 Å². The Kier molecular flexibility index (Phi) is 4.77. The van der Waals surface area contributed by atoms with E-state index < -0.39 is 5.54 Å². The minimum absolute atomic E-state index is 0.00675. The van der Waals surface area contributed by atoms with Gasteiger partial charge in [0.1, 0.15) is 5.54 Å². The van der Waals surface area contributed by atoms with E-state index in [0.29, 0.717) is 6.54 Å². The van der Waals surface area contributed by atoms with Crippen molar-refractivity contribution in [2.45, 2.75) is 64.3 Å². The molecule has 4 nitrogen and oxygen atoms in total. The second-order valence-corrected chi connectivity index (χ2v) is 6.87. The highest BCUT2D eigenvalue weighted by atomic mass is 79.9. The molecule has 2 rings (SSSR count). The molecule has 0 radical (unpaired) electrons. The third-order valence-corrected chi connectivity index (χ3v) is 6.42. The smallest absolute Gasteiger partial charge is 0.323 e. The summed E-state index contributed by atoms with van der Waals surface area (Å²) in [4.78, 5) is 26.5. The van der Waals surface area contributed by atoms with Gasteiger partial charge >= 0.3 is 6.03 Å². The molecule has 1 saturated carbocycles. The fraction of sp³-hybridized carbons (Fsp3) is 0.867. The number of nitrogens with zero attached hydrogens (tertiary/aromatic N) is 1. The van der Waals surface area contributed by atoms with Crippen molar-refractivity contribution < 1.29 is 9.59 Å². The number of rotatable bonds is 5. The van der Waals surface area contributed by atoms with Gasteiger partial charge in [0.2, 0.25) is 0 Å². The number of urea groups is 1. The molecule has 0 bridgehead atoms. The van der Waals surface area contributed by atoms with Gasteiger partial charge in [-0.3, -0.25) is 9.69 Å². The fourth-order valence-electron chi connectivity index (χ4n) is 3.35. The zero-order chi connectivity index (χ0) is 14.8. The quantitative estimate of drug-likeness (QED) is 0.613. The highest BCUT2D eigenvalue weighted by Crippen LogP contribution is 2.37. The molecular weight excluding hydrogens is 320 g/mol. The third-order valence-electron chi connectivity index (χ3n) is 5.23. The van der Waals surface area contributed by atoms with Crippen LogP contribution < -0.4 is 5.32 Å². The predicted octanol–water partition coefficient (Wildman–Crippen LogP) is 3.44. The Hall–Kier alpha value is -0.580. The van der Waals surface area contributed by atoms with Crippen LogP contribution in [0.3, 0.4) is 0 Å². The molecule has 0 aromatic carbocycles. The molecule has 20 heavy (non-hydrogen) atoms.